The zero-order valence-corrected chi connectivity index (χ0v) is 16.0. The van der Waals surface area contributed by atoms with Crippen molar-refractivity contribution in [1.29, 1.82) is 0 Å². The molecule has 0 spiro atoms. The number of H-pyrrole nitrogens is 1. The van der Waals surface area contributed by atoms with Crippen LogP contribution in [0.5, 0.6) is 0 Å². The predicted octanol–water partition coefficient (Wildman–Crippen LogP) is 5.07. The summed E-state index contributed by atoms with van der Waals surface area (Å²) in [6.07, 6.45) is 1.90. The molecule has 0 amide bonds. The van der Waals surface area contributed by atoms with Crippen molar-refractivity contribution in [2.75, 3.05) is 7.05 Å². The number of nitrogens with zero attached hydrogens (tertiary/aromatic N) is 3. The van der Waals surface area contributed by atoms with Crippen molar-refractivity contribution in [3.05, 3.63) is 75.0 Å². The van der Waals surface area contributed by atoms with Crippen LogP contribution in [0, 0.1) is 6.92 Å². The Balaban J connectivity index is 1.83. The monoisotopic (exact) mass is 380 g/mol. The fraction of sp³-hybridized carbons (Fsp3) is 0.100. The second kappa shape index (κ2) is 6.94. The van der Waals surface area contributed by atoms with Crippen molar-refractivity contribution in [3.8, 4) is 11.3 Å². The van der Waals surface area contributed by atoms with E-state index in [1.165, 1.54) is 0 Å². The number of fused-ring (bicyclic) bond motifs is 1. The molecule has 2 aromatic carbocycles. The molecule has 0 aliphatic carbocycles. The van der Waals surface area contributed by atoms with Crippen LogP contribution in [-0.4, -0.2) is 22.9 Å². The summed E-state index contributed by atoms with van der Waals surface area (Å²) in [6, 6.07) is 16.0. The molecule has 6 heteroatoms. The molecule has 0 radical (unpaired) electrons. The Bertz CT molecular complexity index is 1160. The maximum absolute atomic E-state index is 6.02. The third kappa shape index (κ3) is 3.00. The minimum Gasteiger partial charge on any atom is -0.358 e. The van der Waals surface area contributed by atoms with Gasteiger partial charge in [0.25, 0.3) is 0 Å². The Kier molecular flexibility index (Phi) is 4.49. The number of hydrogen-bond acceptors (Lipinski definition) is 3. The van der Waals surface area contributed by atoms with Gasteiger partial charge >= 0.3 is 0 Å². The molecule has 0 saturated heterocycles. The van der Waals surface area contributed by atoms with Gasteiger partial charge in [-0.3, -0.25) is 4.99 Å². The summed E-state index contributed by atoms with van der Waals surface area (Å²) in [7, 11) is 1.78. The van der Waals surface area contributed by atoms with Crippen molar-refractivity contribution in [3.63, 3.8) is 0 Å². The SMILES string of the molecule is CN=c1scc(-c2ccc(Cl)cc2)n1/N=C/c1c(C)[nH]c2ccccc12. The second-order valence-corrected chi connectivity index (χ2v) is 7.17. The first-order valence-electron chi connectivity index (χ1n) is 8.18. The average Bonchev–Trinajstić information content (AvgIpc) is 3.20. The van der Waals surface area contributed by atoms with E-state index >= 15 is 0 Å². The van der Waals surface area contributed by atoms with Gasteiger partial charge in [0, 0.05) is 45.2 Å². The first-order chi connectivity index (χ1) is 12.7. The van der Waals surface area contributed by atoms with Crippen LogP contribution in [-0.2, 0) is 0 Å². The number of aromatic amines is 1. The van der Waals surface area contributed by atoms with Crippen LogP contribution < -0.4 is 4.80 Å². The Morgan fingerprint density at radius 1 is 1.12 bits per heavy atom. The summed E-state index contributed by atoms with van der Waals surface area (Å²) in [5.74, 6) is 0. The fourth-order valence-electron chi connectivity index (χ4n) is 2.96. The highest BCUT2D eigenvalue weighted by atomic mass is 35.5. The lowest BCUT2D eigenvalue weighted by Gasteiger charge is -2.03. The normalized spacial score (nSPS) is 12.5. The van der Waals surface area contributed by atoms with Crippen LogP contribution in [0.4, 0.5) is 0 Å². The second-order valence-electron chi connectivity index (χ2n) is 5.90. The molecule has 2 heterocycles. The number of nitrogens with one attached hydrogen (secondary N) is 1. The van der Waals surface area contributed by atoms with Crippen molar-refractivity contribution in [2.45, 2.75) is 6.92 Å². The zero-order valence-electron chi connectivity index (χ0n) is 14.4. The molecule has 0 bridgehead atoms. The van der Waals surface area contributed by atoms with E-state index in [2.05, 4.69) is 34.4 Å². The van der Waals surface area contributed by atoms with Gasteiger partial charge in [0.05, 0.1) is 11.9 Å². The van der Waals surface area contributed by atoms with Crippen LogP contribution in [0.2, 0.25) is 5.02 Å². The maximum Gasteiger partial charge on any atom is 0.205 e. The molecule has 0 aliphatic heterocycles. The van der Waals surface area contributed by atoms with Crippen LogP contribution in [0.3, 0.4) is 0 Å². The molecule has 0 aliphatic rings. The molecule has 0 unspecified atom stereocenters. The van der Waals surface area contributed by atoms with Crippen molar-refractivity contribution >= 4 is 40.1 Å². The van der Waals surface area contributed by atoms with Crippen LogP contribution in [0.1, 0.15) is 11.3 Å². The Morgan fingerprint density at radius 3 is 2.65 bits per heavy atom. The number of benzene rings is 2. The highest BCUT2D eigenvalue weighted by molar-refractivity contribution is 7.07. The van der Waals surface area contributed by atoms with E-state index < -0.39 is 0 Å². The van der Waals surface area contributed by atoms with Gasteiger partial charge in [-0.2, -0.15) is 5.10 Å². The number of aromatic nitrogens is 2. The van der Waals surface area contributed by atoms with Crippen molar-refractivity contribution < 1.29 is 0 Å². The quantitative estimate of drug-likeness (QED) is 0.482. The molecule has 130 valence electrons. The lowest BCUT2D eigenvalue weighted by molar-refractivity contribution is 0.848. The van der Waals surface area contributed by atoms with Gasteiger partial charge in [-0.25, -0.2) is 4.68 Å². The average molecular weight is 381 g/mol. The number of hydrogen-bond donors (Lipinski definition) is 1. The summed E-state index contributed by atoms with van der Waals surface area (Å²) in [5, 5.41) is 8.68. The smallest absolute Gasteiger partial charge is 0.205 e. The Labute approximate surface area is 160 Å². The zero-order chi connectivity index (χ0) is 18.1. The molecular weight excluding hydrogens is 364 g/mol. The molecule has 4 nitrogen and oxygen atoms in total. The van der Waals surface area contributed by atoms with E-state index in [1.54, 1.807) is 18.4 Å². The van der Waals surface area contributed by atoms with E-state index in [1.807, 2.05) is 47.3 Å². The highest BCUT2D eigenvalue weighted by Crippen LogP contribution is 2.23. The third-order valence-electron chi connectivity index (χ3n) is 4.26. The predicted molar refractivity (Wildman–Crippen MR) is 110 cm³/mol. The topological polar surface area (TPSA) is 45.4 Å². The molecule has 26 heavy (non-hydrogen) atoms. The van der Waals surface area contributed by atoms with E-state index in [-0.39, 0.29) is 0 Å². The van der Waals surface area contributed by atoms with E-state index in [0.717, 1.165) is 38.2 Å². The summed E-state index contributed by atoms with van der Waals surface area (Å²) >= 11 is 7.58. The molecule has 1 N–H and O–H groups in total. The lowest BCUT2D eigenvalue weighted by Crippen LogP contribution is -2.11. The number of aryl methyl sites for hydroxylation is 1. The molecule has 0 saturated carbocycles. The Morgan fingerprint density at radius 2 is 1.88 bits per heavy atom. The Hall–Kier alpha value is -2.63. The van der Waals surface area contributed by atoms with E-state index in [9.17, 15) is 0 Å². The fourth-order valence-corrected chi connectivity index (χ4v) is 3.89. The lowest BCUT2D eigenvalue weighted by atomic mass is 10.1. The molecule has 0 atom stereocenters. The number of halogens is 1. The number of para-hydroxylation sites is 1. The van der Waals surface area contributed by atoms with Crippen LogP contribution in [0.15, 0.2) is 64.0 Å². The standard InChI is InChI=1S/C20H17ClN4S/c1-13-17(16-5-3-4-6-18(16)24-13)11-23-25-19(12-26-20(25)22-2)14-7-9-15(21)10-8-14/h3-12,24H,1-2H3/b22-20?,23-11+. The number of rotatable bonds is 3. The molecular formula is C20H17ClN4S. The summed E-state index contributed by atoms with van der Waals surface area (Å²) in [4.78, 5) is 8.59. The van der Waals surface area contributed by atoms with Gasteiger partial charge in [0.15, 0.2) is 0 Å². The third-order valence-corrected chi connectivity index (χ3v) is 5.42. The van der Waals surface area contributed by atoms with Gasteiger partial charge in [-0.1, -0.05) is 41.9 Å². The van der Waals surface area contributed by atoms with E-state index in [4.69, 9.17) is 16.7 Å². The minimum absolute atomic E-state index is 0.717. The van der Waals surface area contributed by atoms with Crippen LogP contribution in [0.25, 0.3) is 22.2 Å². The van der Waals surface area contributed by atoms with Gasteiger partial charge in [-0.15, -0.1) is 11.3 Å². The van der Waals surface area contributed by atoms with Gasteiger partial charge in [0.2, 0.25) is 4.80 Å². The molecule has 2 aromatic heterocycles. The first kappa shape index (κ1) is 16.8. The van der Waals surface area contributed by atoms with Crippen LogP contribution >= 0.6 is 22.9 Å². The minimum atomic E-state index is 0.717. The number of thiazole rings is 1. The van der Waals surface area contributed by atoms with Gasteiger partial charge in [0.1, 0.15) is 0 Å². The largest absolute Gasteiger partial charge is 0.358 e. The maximum atomic E-state index is 6.02. The van der Waals surface area contributed by atoms with Crippen molar-refractivity contribution in [2.24, 2.45) is 10.1 Å². The first-order valence-corrected chi connectivity index (χ1v) is 9.44. The summed E-state index contributed by atoms with van der Waals surface area (Å²) < 4.78 is 1.87. The molecule has 4 aromatic rings. The highest BCUT2D eigenvalue weighted by Gasteiger charge is 2.09. The van der Waals surface area contributed by atoms with Gasteiger partial charge < -0.3 is 4.98 Å². The van der Waals surface area contributed by atoms with E-state index in [0.29, 0.717) is 5.02 Å². The van der Waals surface area contributed by atoms with Crippen molar-refractivity contribution in [1.82, 2.24) is 9.66 Å². The summed E-state index contributed by atoms with van der Waals surface area (Å²) in [5.41, 5.74) is 5.33. The molecule has 4 rings (SSSR count). The molecule has 0 fully saturated rings. The van der Waals surface area contributed by atoms with Gasteiger partial charge in [-0.05, 0) is 25.1 Å². The summed E-state index contributed by atoms with van der Waals surface area (Å²) in [6.45, 7) is 2.06.